The first kappa shape index (κ1) is 14.8. The van der Waals surface area contributed by atoms with Crippen LogP contribution >= 0.6 is 0 Å². The van der Waals surface area contributed by atoms with E-state index in [-0.39, 0.29) is 24.8 Å². The molecule has 1 aromatic carbocycles. The molecule has 1 fully saturated rings. The number of nitrogens with zero attached hydrogens (tertiary/aromatic N) is 1. The molecule has 7 heteroatoms. The number of urea groups is 1. The molecule has 21 heavy (non-hydrogen) atoms. The van der Waals surface area contributed by atoms with E-state index in [9.17, 15) is 14.4 Å². The lowest BCUT2D eigenvalue weighted by molar-refractivity contribution is -0.144. The second kappa shape index (κ2) is 6.74. The summed E-state index contributed by atoms with van der Waals surface area (Å²) in [5.74, 6) is -1.04. The van der Waals surface area contributed by atoms with Crippen LogP contribution in [-0.2, 0) is 9.59 Å². The zero-order valence-corrected chi connectivity index (χ0v) is 11.4. The van der Waals surface area contributed by atoms with Gasteiger partial charge in [0.15, 0.2) is 0 Å². The summed E-state index contributed by atoms with van der Waals surface area (Å²) in [5, 5.41) is 13.7. The Hall–Kier alpha value is -2.57. The molecular formula is C14H17N3O4. The van der Waals surface area contributed by atoms with Gasteiger partial charge in [0.1, 0.15) is 0 Å². The van der Waals surface area contributed by atoms with E-state index < -0.39 is 12.0 Å². The highest BCUT2D eigenvalue weighted by molar-refractivity contribution is 5.92. The van der Waals surface area contributed by atoms with Gasteiger partial charge in [-0.05, 0) is 12.1 Å². The molecule has 0 aliphatic carbocycles. The number of hydrogen-bond acceptors (Lipinski definition) is 3. The molecular weight excluding hydrogens is 274 g/mol. The van der Waals surface area contributed by atoms with Gasteiger partial charge < -0.3 is 20.6 Å². The van der Waals surface area contributed by atoms with Crippen molar-refractivity contribution < 1.29 is 19.5 Å². The Morgan fingerprint density at radius 1 is 1.19 bits per heavy atom. The van der Waals surface area contributed by atoms with Crippen molar-refractivity contribution in [1.82, 2.24) is 10.2 Å². The van der Waals surface area contributed by atoms with Crippen LogP contribution in [0.4, 0.5) is 10.5 Å². The molecule has 0 bridgehead atoms. The molecule has 2 rings (SSSR count). The molecule has 3 amide bonds. The number of anilines is 1. The third-order valence-electron chi connectivity index (χ3n) is 3.21. The lowest BCUT2D eigenvalue weighted by Gasteiger charge is -2.38. The Morgan fingerprint density at radius 3 is 2.48 bits per heavy atom. The molecule has 1 heterocycles. The van der Waals surface area contributed by atoms with Gasteiger partial charge >= 0.3 is 12.0 Å². The van der Waals surface area contributed by atoms with Crippen LogP contribution in [0.15, 0.2) is 30.3 Å². The molecule has 1 aliphatic heterocycles. The smallest absolute Gasteiger partial charge is 0.319 e. The van der Waals surface area contributed by atoms with Crippen LogP contribution in [-0.4, -0.2) is 47.5 Å². The fourth-order valence-corrected chi connectivity index (χ4v) is 2.11. The first-order valence-electron chi connectivity index (χ1n) is 6.64. The van der Waals surface area contributed by atoms with Gasteiger partial charge in [0.25, 0.3) is 0 Å². The van der Waals surface area contributed by atoms with Crippen LogP contribution in [0, 0.1) is 5.92 Å². The van der Waals surface area contributed by atoms with Crippen LogP contribution in [0.25, 0.3) is 0 Å². The Morgan fingerprint density at radius 2 is 1.86 bits per heavy atom. The SMILES string of the molecule is O=C(O)CC1CN(C(=O)CNC(=O)Nc2ccccc2)C1. The standard InChI is InChI=1S/C14H17N3O4/c18-12(17-8-10(9-17)6-13(19)20)7-15-14(21)16-11-4-2-1-3-5-11/h1-5,10H,6-9H2,(H,19,20)(H2,15,16,21). The molecule has 0 saturated carbocycles. The Kier molecular flexibility index (Phi) is 4.76. The van der Waals surface area contributed by atoms with Gasteiger partial charge in [-0.15, -0.1) is 0 Å². The predicted molar refractivity (Wildman–Crippen MR) is 75.8 cm³/mol. The maximum absolute atomic E-state index is 11.7. The summed E-state index contributed by atoms with van der Waals surface area (Å²) in [5.41, 5.74) is 0.646. The number of aliphatic carboxylic acids is 1. The van der Waals surface area contributed by atoms with Gasteiger partial charge in [0.2, 0.25) is 5.91 Å². The van der Waals surface area contributed by atoms with Crippen molar-refractivity contribution in [3.05, 3.63) is 30.3 Å². The maximum atomic E-state index is 11.7. The molecule has 112 valence electrons. The first-order valence-corrected chi connectivity index (χ1v) is 6.64. The third kappa shape index (κ3) is 4.48. The van der Waals surface area contributed by atoms with Crippen LogP contribution in [0.5, 0.6) is 0 Å². The number of nitrogens with one attached hydrogen (secondary N) is 2. The highest BCUT2D eigenvalue weighted by Crippen LogP contribution is 2.18. The second-order valence-electron chi connectivity index (χ2n) is 4.94. The van der Waals surface area contributed by atoms with Crippen molar-refractivity contribution in [2.45, 2.75) is 6.42 Å². The first-order chi connectivity index (χ1) is 10.0. The fraction of sp³-hybridized carbons (Fsp3) is 0.357. The topological polar surface area (TPSA) is 98.7 Å². The van der Waals surface area contributed by atoms with Gasteiger partial charge in [-0.2, -0.15) is 0 Å². The molecule has 1 aromatic rings. The summed E-state index contributed by atoms with van der Waals surface area (Å²) >= 11 is 0. The average molecular weight is 291 g/mol. The molecule has 1 aliphatic rings. The minimum atomic E-state index is -0.854. The van der Waals surface area contributed by atoms with Crippen LogP contribution in [0.3, 0.4) is 0 Å². The number of carbonyl (C=O) groups excluding carboxylic acids is 2. The van der Waals surface area contributed by atoms with Crippen molar-refractivity contribution in [3.8, 4) is 0 Å². The van der Waals surface area contributed by atoms with Gasteiger partial charge in [0.05, 0.1) is 13.0 Å². The number of amides is 3. The largest absolute Gasteiger partial charge is 0.481 e. The van der Waals surface area contributed by atoms with Crippen molar-refractivity contribution in [1.29, 1.82) is 0 Å². The van der Waals surface area contributed by atoms with E-state index in [1.165, 1.54) is 4.90 Å². The van der Waals surface area contributed by atoms with Crippen LogP contribution in [0.2, 0.25) is 0 Å². The number of hydrogen-bond donors (Lipinski definition) is 3. The van der Waals surface area contributed by atoms with E-state index in [0.717, 1.165) is 0 Å². The molecule has 0 atom stereocenters. The summed E-state index contributed by atoms with van der Waals surface area (Å²) in [6.07, 6.45) is 0.0751. The van der Waals surface area contributed by atoms with Gasteiger partial charge in [0, 0.05) is 24.7 Å². The van der Waals surface area contributed by atoms with Gasteiger partial charge in [-0.25, -0.2) is 4.79 Å². The summed E-state index contributed by atoms with van der Waals surface area (Å²) in [7, 11) is 0. The average Bonchev–Trinajstić information content (AvgIpc) is 2.40. The molecule has 3 N–H and O–H groups in total. The van der Waals surface area contributed by atoms with E-state index in [1.807, 2.05) is 6.07 Å². The van der Waals surface area contributed by atoms with Crippen molar-refractivity contribution in [3.63, 3.8) is 0 Å². The Balaban J connectivity index is 1.66. The number of carboxylic acid groups (broad SMARTS) is 1. The van der Waals surface area contributed by atoms with Crippen molar-refractivity contribution >= 4 is 23.6 Å². The monoisotopic (exact) mass is 291 g/mol. The minimum absolute atomic E-state index is 0.0181. The molecule has 1 saturated heterocycles. The van der Waals surface area contributed by atoms with E-state index in [2.05, 4.69) is 10.6 Å². The van der Waals surface area contributed by atoms with Gasteiger partial charge in [-0.1, -0.05) is 18.2 Å². The normalized spacial score (nSPS) is 14.2. The predicted octanol–water partition coefficient (Wildman–Crippen LogP) is 0.741. The summed E-state index contributed by atoms with van der Waals surface area (Å²) in [6.45, 7) is 0.776. The summed E-state index contributed by atoms with van der Waals surface area (Å²) in [6, 6.07) is 8.47. The van der Waals surface area contributed by atoms with Crippen LogP contribution < -0.4 is 10.6 Å². The highest BCUT2D eigenvalue weighted by Gasteiger charge is 2.31. The molecule has 0 radical (unpaired) electrons. The van der Waals surface area contributed by atoms with Crippen molar-refractivity contribution in [2.24, 2.45) is 5.92 Å². The molecule has 0 aromatic heterocycles. The molecule has 0 spiro atoms. The van der Waals surface area contributed by atoms with E-state index in [0.29, 0.717) is 18.8 Å². The van der Waals surface area contributed by atoms with E-state index in [1.54, 1.807) is 24.3 Å². The molecule has 7 nitrogen and oxygen atoms in total. The van der Waals surface area contributed by atoms with Crippen molar-refractivity contribution in [2.75, 3.05) is 25.0 Å². The number of para-hydroxylation sites is 1. The zero-order valence-electron chi connectivity index (χ0n) is 11.4. The second-order valence-corrected chi connectivity index (χ2v) is 4.94. The molecule has 0 unspecified atom stereocenters. The van der Waals surface area contributed by atoms with E-state index in [4.69, 9.17) is 5.11 Å². The number of rotatable bonds is 5. The Bertz CT molecular complexity index is 526. The fourth-order valence-electron chi connectivity index (χ4n) is 2.11. The lowest BCUT2D eigenvalue weighted by Crippen LogP contribution is -2.53. The minimum Gasteiger partial charge on any atom is -0.481 e. The maximum Gasteiger partial charge on any atom is 0.319 e. The summed E-state index contributed by atoms with van der Waals surface area (Å²) in [4.78, 5) is 35.4. The van der Waals surface area contributed by atoms with E-state index >= 15 is 0 Å². The lowest BCUT2D eigenvalue weighted by atomic mass is 9.96. The number of carboxylic acids is 1. The number of carbonyl (C=O) groups is 3. The Labute approximate surface area is 121 Å². The zero-order chi connectivity index (χ0) is 15.2. The summed E-state index contributed by atoms with van der Waals surface area (Å²) < 4.78 is 0. The van der Waals surface area contributed by atoms with Gasteiger partial charge in [-0.3, -0.25) is 9.59 Å². The van der Waals surface area contributed by atoms with Crippen LogP contribution in [0.1, 0.15) is 6.42 Å². The quantitative estimate of drug-likeness (QED) is 0.745. The third-order valence-corrected chi connectivity index (χ3v) is 3.21. The highest BCUT2D eigenvalue weighted by atomic mass is 16.4. The number of likely N-dealkylation sites (tertiary alicyclic amines) is 1. The number of benzene rings is 1.